The van der Waals surface area contributed by atoms with E-state index < -0.39 is 0 Å². The summed E-state index contributed by atoms with van der Waals surface area (Å²) in [5.41, 5.74) is 7.49. The first-order valence-corrected chi connectivity index (χ1v) is 12.6. The maximum Gasteiger partial charge on any atom is 0.161 e. The quantitative estimate of drug-likeness (QED) is 0.327. The Morgan fingerprint density at radius 2 is 1.77 bits per heavy atom. The Hall–Kier alpha value is -3.25. The van der Waals surface area contributed by atoms with Gasteiger partial charge in [0, 0.05) is 34.9 Å². The topological polar surface area (TPSA) is 66.2 Å². The lowest BCUT2D eigenvalue weighted by Crippen LogP contribution is -2.32. The minimum atomic E-state index is 0.391. The van der Waals surface area contributed by atoms with Crippen LogP contribution in [-0.4, -0.2) is 47.2 Å². The van der Waals surface area contributed by atoms with E-state index in [1.165, 1.54) is 40.6 Å². The van der Waals surface area contributed by atoms with Gasteiger partial charge in [0.25, 0.3) is 0 Å². The van der Waals surface area contributed by atoms with Crippen LogP contribution in [0.15, 0.2) is 42.6 Å². The van der Waals surface area contributed by atoms with Gasteiger partial charge < -0.3 is 19.4 Å². The Morgan fingerprint density at radius 1 is 1.00 bits per heavy atom. The van der Waals surface area contributed by atoms with Crippen molar-refractivity contribution in [2.45, 2.75) is 52.0 Å². The molecule has 0 bridgehead atoms. The Kier molecular flexibility index (Phi) is 6.56. The molecule has 184 valence electrons. The molecule has 0 aliphatic carbocycles. The van der Waals surface area contributed by atoms with Gasteiger partial charge in [-0.1, -0.05) is 19.9 Å². The number of hydrogen-bond acceptors (Lipinski definition) is 4. The molecule has 1 aliphatic heterocycles. The van der Waals surface area contributed by atoms with Gasteiger partial charge in [-0.2, -0.15) is 0 Å². The first kappa shape index (κ1) is 23.5. The molecular formula is C29H36N4O2. The molecule has 0 radical (unpaired) electrons. The largest absolute Gasteiger partial charge is 0.493 e. The smallest absolute Gasteiger partial charge is 0.161 e. The second-order valence-corrected chi connectivity index (χ2v) is 9.99. The Bertz CT molecular complexity index is 1310. The SMILES string of the molecule is COc1ccc(-c2[nH]c3ccc(C4CCN(Cc5cnc(C)[nH]5)CC4)cc3c2C(C)C)cc1OC. The van der Waals surface area contributed by atoms with Gasteiger partial charge in [-0.15, -0.1) is 0 Å². The maximum atomic E-state index is 5.57. The highest BCUT2D eigenvalue weighted by molar-refractivity contribution is 5.92. The van der Waals surface area contributed by atoms with Gasteiger partial charge in [0.1, 0.15) is 5.82 Å². The van der Waals surface area contributed by atoms with E-state index in [1.54, 1.807) is 14.2 Å². The van der Waals surface area contributed by atoms with E-state index in [9.17, 15) is 0 Å². The molecular weight excluding hydrogens is 436 g/mol. The first-order valence-electron chi connectivity index (χ1n) is 12.6. The van der Waals surface area contributed by atoms with Crippen molar-refractivity contribution in [3.8, 4) is 22.8 Å². The lowest BCUT2D eigenvalue weighted by molar-refractivity contribution is 0.203. The fourth-order valence-electron chi connectivity index (χ4n) is 5.52. The van der Waals surface area contributed by atoms with Crippen LogP contribution in [0, 0.1) is 6.92 Å². The number of hydrogen-bond donors (Lipinski definition) is 2. The number of imidazole rings is 1. The highest BCUT2D eigenvalue weighted by atomic mass is 16.5. The van der Waals surface area contributed by atoms with Gasteiger partial charge in [-0.05, 0) is 86.1 Å². The molecule has 0 spiro atoms. The lowest BCUT2D eigenvalue weighted by atomic mass is 9.87. The molecule has 4 aromatic rings. The Balaban J connectivity index is 1.41. The summed E-state index contributed by atoms with van der Waals surface area (Å²) in [6.45, 7) is 9.74. The zero-order valence-corrected chi connectivity index (χ0v) is 21.4. The van der Waals surface area contributed by atoms with Crippen LogP contribution in [0.2, 0.25) is 0 Å². The van der Waals surface area contributed by atoms with E-state index in [2.05, 4.69) is 64.0 Å². The number of likely N-dealkylation sites (tertiary alicyclic amines) is 1. The molecule has 2 aromatic heterocycles. The molecule has 1 aliphatic rings. The van der Waals surface area contributed by atoms with Gasteiger partial charge in [0.05, 0.1) is 19.9 Å². The van der Waals surface area contributed by atoms with Crippen molar-refractivity contribution in [2.24, 2.45) is 0 Å². The van der Waals surface area contributed by atoms with E-state index in [0.29, 0.717) is 11.8 Å². The highest BCUT2D eigenvalue weighted by Crippen LogP contribution is 2.40. The second-order valence-electron chi connectivity index (χ2n) is 9.99. The summed E-state index contributed by atoms with van der Waals surface area (Å²) >= 11 is 0. The van der Waals surface area contributed by atoms with Gasteiger partial charge in [-0.25, -0.2) is 4.98 Å². The van der Waals surface area contributed by atoms with Crippen LogP contribution in [0.25, 0.3) is 22.2 Å². The summed E-state index contributed by atoms with van der Waals surface area (Å²) in [5, 5.41) is 1.33. The summed E-state index contributed by atoms with van der Waals surface area (Å²) in [6, 6.07) is 13.2. The van der Waals surface area contributed by atoms with Crippen LogP contribution >= 0.6 is 0 Å². The minimum Gasteiger partial charge on any atom is -0.493 e. The van der Waals surface area contributed by atoms with Gasteiger partial charge in [0.15, 0.2) is 11.5 Å². The molecule has 3 heterocycles. The average Bonchev–Trinajstić information content (AvgIpc) is 3.46. The number of benzene rings is 2. The zero-order valence-electron chi connectivity index (χ0n) is 21.4. The number of aromatic amines is 2. The van der Waals surface area contributed by atoms with E-state index in [4.69, 9.17) is 9.47 Å². The lowest BCUT2D eigenvalue weighted by Gasteiger charge is -2.32. The summed E-state index contributed by atoms with van der Waals surface area (Å²) in [7, 11) is 3.36. The first-order chi connectivity index (χ1) is 17.0. The molecule has 5 rings (SSSR count). The number of aromatic nitrogens is 3. The van der Waals surface area contributed by atoms with Crippen molar-refractivity contribution in [3.05, 3.63) is 65.2 Å². The number of methoxy groups -OCH3 is 2. The standard InChI is InChI=1S/C29H36N4O2/c1-18(2)28-24-14-21(20-10-12-33(13-11-20)17-23-16-30-19(3)31-23)6-8-25(24)32-29(28)22-7-9-26(34-4)27(15-22)35-5/h6-9,14-16,18,20,32H,10-13,17H2,1-5H3,(H,30,31). The molecule has 1 fully saturated rings. The Morgan fingerprint density at radius 3 is 2.43 bits per heavy atom. The predicted molar refractivity (Wildman–Crippen MR) is 142 cm³/mol. The molecule has 2 aromatic carbocycles. The molecule has 35 heavy (non-hydrogen) atoms. The molecule has 0 saturated carbocycles. The number of fused-ring (bicyclic) bond motifs is 1. The van der Waals surface area contributed by atoms with E-state index >= 15 is 0 Å². The molecule has 6 nitrogen and oxygen atoms in total. The number of piperidine rings is 1. The Labute approximate surface area is 207 Å². The summed E-state index contributed by atoms with van der Waals surface area (Å²) in [4.78, 5) is 13.9. The van der Waals surface area contributed by atoms with Crippen LogP contribution in [-0.2, 0) is 6.54 Å². The fraction of sp³-hybridized carbons (Fsp3) is 0.414. The van der Waals surface area contributed by atoms with Crippen LogP contribution in [0.5, 0.6) is 11.5 Å². The number of H-pyrrole nitrogens is 2. The molecule has 0 amide bonds. The van der Waals surface area contributed by atoms with Crippen molar-refractivity contribution < 1.29 is 9.47 Å². The average molecular weight is 473 g/mol. The summed E-state index contributed by atoms with van der Waals surface area (Å²) < 4.78 is 11.0. The van der Waals surface area contributed by atoms with Crippen molar-refractivity contribution in [1.82, 2.24) is 19.9 Å². The third-order valence-electron chi connectivity index (χ3n) is 7.32. The number of aryl methyl sites for hydroxylation is 1. The molecule has 0 atom stereocenters. The summed E-state index contributed by atoms with van der Waals surface area (Å²) in [5.74, 6) is 3.47. The van der Waals surface area contributed by atoms with Crippen molar-refractivity contribution in [3.63, 3.8) is 0 Å². The molecule has 2 N–H and O–H groups in total. The number of nitrogens with one attached hydrogen (secondary N) is 2. The third-order valence-corrected chi connectivity index (χ3v) is 7.32. The third kappa shape index (κ3) is 4.67. The van der Waals surface area contributed by atoms with Crippen LogP contribution in [0.4, 0.5) is 0 Å². The minimum absolute atomic E-state index is 0.391. The fourth-order valence-corrected chi connectivity index (χ4v) is 5.52. The van der Waals surface area contributed by atoms with E-state index in [0.717, 1.165) is 48.2 Å². The van der Waals surface area contributed by atoms with E-state index in [-0.39, 0.29) is 0 Å². The zero-order chi connectivity index (χ0) is 24.5. The monoisotopic (exact) mass is 472 g/mol. The van der Waals surface area contributed by atoms with Crippen LogP contribution < -0.4 is 9.47 Å². The molecule has 1 saturated heterocycles. The maximum absolute atomic E-state index is 5.57. The van der Waals surface area contributed by atoms with E-state index in [1.807, 2.05) is 19.2 Å². The predicted octanol–water partition coefficient (Wildman–Crippen LogP) is 6.39. The van der Waals surface area contributed by atoms with Crippen LogP contribution in [0.3, 0.4) is 0 Å². The second kappa shape index (κ2) is 9.78. The highest BCUT2D eigenvalue weighted by Gasteiger charge is 2.23. The molecule has 0 unspecified atom stereocenters. The van der Waals surface area contributed by atoms with Gasteiger partial charge >= 0.3 is 0 Å². The van der Waals surface area contributed by atoms with Gasteiger partial charge in [-0.3, -0.25) is 4.90 Å². The van der Waals surface area contributed by atoms with Crippen molar-refractivity contribution >= 4 is 10.9 Å². The van der Waals surface area contributed by atoms with Gasteiger partial charge in [0.2, 0.25) is 0 Å². The van der Waals surface area contributed by atoms with Crippen molar-refractivity contribution in [1.29, 1.82) is 0 Å². The number of rotatable bonds is 7. The summed E-state index contributed by atoms with van der Waals surface area (Å²) in [6.07, 6.45) is 4.33. The normalized spacial score (nSPS) is 15.3. The van der Waals surface area contributed by atoms with Crippen LogP contribution in [0.1, 0.15) is 61.2 Å². The number of ether oxygens (including phenoxy) is 2. The molecule has 6 heteroatoms. The van der Waals surface area contributed by atoms with Crippen molar-refractivity contribution in [2.75, 3.05) is 27.3 Å². The number of nitrogens with zero attached hydrogens (tertiary/aromatic N) is 2.